The molecule has 0 spiro atoms. The van der Waals surface area contributed by atoms with Crippen molar-refractivity contribution in [2.45, 2.75) is 32.7 Å². The third kappa shape index (κ3) is 3.21. The van der Waals surface area contributed by atoms with E-state index in [9.17, 15) is 4.79 Å². The van der Waals surface area contributed by atoms with Gasteiger partial charge in [-0.15, -0.1) is 11.3 Å². The minimum atomic E-state index is -0.883. The Morgan fingerprint density at radius 1 is 1.29 bits per heavy atom. The summed E-state index contributed by atoms with van der Waals surface area (Å²) < 4.78 is 1.97. The number of thiazole rings is 1. The van der Waals surface area contributed by atoms with Crippen molar-refractivity contribution in [3.05, 3.63) is 41.8 Å². The number of pyridine rings is 1. The van der Waals surface area contributed by atoms with Crippen LogP contribution in [0.15, 0.2) is 36.1 Å². The third-order valence-corrected chi connectivity index (χ3v) is 4.40. The summed E-state index contributed by atoms with van der Waals surface area (Å²) in [5.41, 5.74) is 3.23. The predicted molar refractivity (Wildman–Crippen MR) is 92.9 cm³/mol. The number of hydrogen-bond donors (Lipinski definition) is 1. The van der Waals surface area contributed by atoms with Gasteiger partial charge in [0.05, 0.1) is 35.1 Å². The largest absolute Gasteiger partial charge is 0.481 e. The van der Waals surface area contributed by atoms with E-state index in [1.165, 1.54) is 11.3 Å². The Balaban J connectivity index is 2.13. The zero-order valence-electron chi connectivity index (χ0n) is 13.7. The highest BCUT2D eigenvalue weighted by Crippen LogP contribution is 2.36. The normalized spacial score (nSPS) is 11.6. The van der Waals surface area contributed by atoms with Crippen molar-refractivity contribution in [1.29, 1.82) is 0 Å². The molecule has 0 bridgehead atoms. The zero-order valence-corrected chi connectivity index (χ0v) is 14.5. The van der Waals surface area contributed by atoms with E-state index < -0.39 is 5.97 Å². The molecule has 0 saturated heterocycles. The molecule has 3 heterocycles. The van der Waals surface area contributed by atoms with E-state index in [4.69, 9.17) is 5.11 Å². The molecule has 0 amide bonds. The first-order valence-electron chi connectivity index (χ1n) is 7.52. The summed E-state index contributed by atoms with van der Waals surface area (Å²) in [5.74, 6) is -0.883. The van der Waals surface area contributed by atoms with Gasteiger partial charge < -0.3 is 5.11 Å². The van der Waals surface area contributed by atoms with Crippen LogP contribution in [-0.2, 0) is 16.8 Å². The Kier molecular flexibility index (Phi) is 4.19. The van der Waals surface area contributed by atoms with Gasteiger partial charge in [-0.1, -0.05) is 0 Å². The lowest BCUT2D eigenvalue weighted by molar-refractivity contribution is -0.136. The van der Waals surface area contributed by atoms with Crippen molar-refractivity contribution >= 4 is 17.3 Å². The van der Waals surface area contributed by atoms with Gasteiger partial charge in [-0.3, -0.25) is 14.5 Å². The van der Waals surface area contributed by atoms with Crippen LogP contribution in [0.3, 0.4) is 0 Å². The number of aliphatic carboxylic acids is 1. The van der Waals surface area contributed by atoms with Crippen molar-refractivity contribution in [1.82, 2.24) is 19.7 Å². The summed E-state index contributed by atoms with van der Waals surface area (Å²) in [6, 6.07) is 3.88. The van der Waals surface area contributed by atoms with Crippen molar-refractivity contribution in [3.8, 4) is 21.8 Å². The molecule has 0 unspecified atom stereocenters. The Morgan fingerprint density at radius 2 is 2.00 bits per heavy atom. The topological polar surface area (TPSA) is 80.9 Å². The molecule has 0 atom stereocenters. The lowest BCUT2D eigenvalue weighted by atomic mass is 10.1. The molecule has 3 aromatic heterocycles. The number of carbonyl (C=O) groups is 1. The number of nitrogens with zero attached hydrogens (tertiary/aromatic N) is 4. The Morgan fingerprint density at radius 3 is 2.62 bits per heavy atom. The standard InChI is InChI=1S/C17H18N4O2S/c1-17(2,3)21-15(11-4-6-18-7-5-11)13(9-19-21)16-20-12(10-24-16)8-14(22)23/h4-7,9-10H,8H2,1-3H3,(H,22,23). The molecule has 124 valence electrons. The summed E-state index contributed by atoms with van der Waals surface area (Å²) in [6.45, 7) is 6.27. The molecule has 0 aromatic carbocycles. The van der Waals surface area contributed by atoms with E-state index in [1.807, 2.05) is 16.8 Å². The van der Waals surface area contributed by atoms with Gasteiger partial charge in [0.15, 0.2) is 0 Å². The van der Waals surface area contributed by atoms with Crippen LogP contribution in [0.4, 0.5) is 0 Å². The lowest BCUT2D eigenvalue weighted by Crippen LogP contribution is -2.24. The van der Waals surface area contributed by atoms with Crippen LogP contribution in [0.2, 0.25) is 0 Å². The summed E-state index contributed by atoms with van der Waals surface area (Å²) in [5, 5.41) is 16.0. The minimum absolute atomic E-state index is 0.0749. The predicted octanol–water partition coefficient (Wildman–Crippen LogP) is 3.45. The van der Waals surface area contributed by atoms with Crippen LogP contribution < -0.4 is 0 Å². The van der Waals surface area contributed by atoms with E-state index in [1.54, 1.807) is 24.0 Å². The smallest absolute Gasteiger partial charge is 0.309 e. The van der Waals surface area contributed by atoms with Gasteiger partial charge in [0, 0.05) is 23.3 Å². The van der Waals surface area contributed by atoms with Crippen LogP contribution in [0, 0.1) is 0 Å². The summed E-state index contributed by atoms with van der Waals surface area (Å²) in [4.78, 5) is 19.4. The zero-order chi connectivity index (χ0) is 17.3. The SMILES string of the molecule is CC(C)(C)n1ncc(-c2nc(CC(=O)O)cs2)c1-c1ccncc1. The van der Waals surface area contributed by atoms with E-state index in [-0.39, 0.29) is 12.0 Å². The van der Waals surface area contributed by atoms with Crippen molar-refractivity contribution in [2.24, 2.45) is 0 Å². The average molecular weight is 342 g/mol. The van der Waals surface area contributed by atoms with Gasteiger partial charge in [0.1, 0.15) is 5.01 Å². The molecule has 6 nitrogen and oxygen atoms in total. The number of hydrogen-bond acceptors (Lipinski definition) is 5. The first-order chi connectivity index (χ1) is 11.4. The maximum Gasteiger partial charge on any atom is 0.309 e. The van der Waals surface area contributed by atoms with Gasteiger partial charge in [0.2, 0.25) is 0 Å². The Hall–Kier alpha value is -2.54. The molecule has 3 rings (SSSR count). The quantitative estimate of drug-likeness (QED) is 0.785. The number of aromatic nitrogens is 4. The van der Waals surface area contributed by atoms with Crippen molar-refractivity contribution in [3.63, 3.8) is 0 Å². The second-order valence-corrected chi connectivity index (χ2v) is 7.30. The molecule has 1 N–H and O–H groups in total. The molecule has 0 saturated carbocycles. The molecular formula is C17H18N4O2S. The first-order valence-corrected chi connectivity index (χ1v) is 8.39. The Bertz CT molecular complexity index is 862. The maximum atomic E-state index is 10.9. The molecule has 3 aromatic rings. The van der Waals surface area contributed by atoms with Crippen LogP contribution in [0.1, 0.15) is 26.5 Å². The summed E-state index contributed by atoms with van der Waals surface area (Å²) in [7, 11) is 0. The lowest BCUT2D eigenvalue weighted by Gasteiger charge is -2.23. The van der Waals surface area contributed by atoms with Gasteiger partial charge >= 0.3 is 5.97 Å². The number of rotatable bonds is 4. The maximum absolute atomic E-state index is 10.9. The van der Waals surface area contributed by atoms with Gasteiger partial charge in [-0.05, 0) is 32.9 Å². The van der Waals surface area contributed by atoms with Gasteiger partial charge in [0.25, 0.3) is 0 Å². The van der Waals surface area contributed by atoms with Crippen LogP contribution in [0.25, 0.3) is 21.8 Å². The van der Waals surface area contributed by atoms with E-state index in [0.29, 0.717) is 5.69 Å². The molecule has 0 fully saturated rings. The highest BCUT2D eigenvalue weighted by Gasteiger charge is 2.24. The number of carboxylic acid groups (broad SMARTS) is 1. The molecule has 0 aliphatic heterocycles. The molecular weight excluding hydrogens is 324 g/mol. The fourth-order valence-electron chi connectivity index (χ4n) is 2.47. The fraction of sp³-hybridized carbons (Fsp3) is 0.294. The highest BCUT2D eigenvalue weighted by molar-refractivity contribution is 7.13. The molecule has 7 heteroatoms. The summed E-state index contributed by atoms with van der Waals surface area (Å²) >= 11 is 1.43. The average Bonchev–Trinajstić information content (AvgIpc) is 3.13. The van der Waals surface area contributed by atoms with Crippen molar-refractivity contribution in [2.75, 3.05) is 0 Å². The van der Waals surface area contributed by atoms with Crippen molar-refractivity contribution < 1.29 is 9.90 Å². The van der Waals surface area contributed by atoms with Gasteiger partial charge in [-0.2, -0.15) is 5.10 Å². The molecule has 0 aliphatic carbocycles. The molecule has 24 heavy (non-hydrogen) atoms. The highest BCUT2D eigenvalue weighted by atomic mass is 32.1. The minimum Gasteiger partial charge on any atom is -0.481 e. The second kappa shape index (κ2) is 6.16. The number of carboxylic acids is 1. The van der Waals surface area contributed by atoms with E-state index in [0.717, 1.165) is 21.8 Å². The fourth-order valence-corrected chi connectivity index (χ4v) is 3.30. The van der Waals surface area contributed by atoms with E-state index >= 15 is 0 Å². The monoisotopic (exact) mass is 342 g/mol. The van der Waals surface area contributed by atoms with Crippen LogP contribution in [-0.4, -0.2) is 30.8 Å². The second-order valence-electron chi connectivity index (χ2n) is 6.44. The van der Waals surface area contributed by atoms with Crippen LogP contribution in [0.5, 0.6) is 0 Å². The first kappa shape index (κ1) is 16.3. The van der Waals surface area contributed by atoms with E-state index in [2.05, 4.69) is 35.8 Å². The molecule has 0 aliphatic rings. The third-order valence-electron chi connectivity index (χ3n) is 3.47. The summed E-state index contributed by atoms with van der Waals surface area (Å²) in [6.07, 6.45) is 5.21. The molecule has 0 radical (unpaired) electrons. The van der Waals surface area contributed by atoms with Crippen LogP contribution >= 0.6 is 11.3 Å². The van der Waals surface area contributed by atoms with Gasteiger partial charge in [-0.25, -0.2) is 4.98 Å². The Labute approximate surface area is 143 Å².